The normalized spacial score (nSPS) is 19.7. The van der Waals surface area contributed by atoms with Crippen molar-refractivity contribution in [1.82, 2.24) is 4.90 Å². The SMILES string of the molecule is CC(OC(=O)C1(CC(=O)N2CCOCC2)CCCC1)C(=O)Nc1ccccc1. The molecule has 1 aliphatic heterocycles. The lowest BCUT2D eigenvalue weighted by molar-refractivity contribution is -0.166. The highest BCUT2D eigenvalue weighted by atomic mass is 16.5. The van der Waals surface area contributed by atoms with Gasteiger partial charge in [0.25, 0.3) is 5.91 Å². The molecule has 28 heavy (non-hydrogen) atoms. The summed E-state index contributed by atoms with van der Waals surface area (Å²) in [5, 5.41) is 2.74. The molecule has 7 heteroatoms. The van der Waals surface area contributed by atoms with Crippen LogP contribution in [0.1, 0.15) is 39.0 Å². The van der Waals surface area contributed by atoms with E-state index in [4.69, 9.17) is 9.47 Å². The van der Waals surface area contributed by atoms with Crippen LogP contribution in [0.5, 0.6) is 0 Å². The minimum atomic E-state index is -0.927. The van der Waals surface area contributed by atoms with Gasteiger partial charge in [-0.2, -0.15) is 0 Å². The molecule has 0 radical (unpaired) electrons. The zero-order valence-electron chi connectivity index (χ0n) is 16.3. The summed E-state index contributed by atoms with van der Waals surface area (Å²) in [4.78, 5) is 39.8. The molecular weight excluding hydrogens is 360 g/mol. The number of anilines is 1. The smallest absolute Gasteiger partial charge is 0.313 e. The second-order valence-electron chi connectivity index (χ2n) is 7.56. The van der Waals surface area contributed by atoms with Crippen molar-refractivity contribution < 1.29 is 23.9 Å². The first kappa shape index (κ1) is 20.3. The Hall–Kier alpha value is -2.41. The lowest BCUT2D eigenvalue weighted by Crippen LogP contribution is -2.45. The van der Waals surface area contributed by atoms with Crippen molar-refractivity contribution in [3.8, 4) is 0 Å². The fraction of sp³-hybridized carbons (Fsp3) is 0.571. The van der Waals surface area contributed by atoms with Gasteiger partial charge in [0.2, 0.25) is 5.91 Å². The maximum atomic E-state index is 13.0. The number of benzene rings is 1. The van der Waals surface area contributed by atoms with Gasteiger partial charge in [0.1, 0.15) is 0 Å². The minimum absolute atomic E-state index is 0.0384. The molecule has 0 spiro atoms. The third-order valence-electron chi connectivity index (χ3n) is 5.54. The Morgan fingerprint density at radius 2 is 1.79 bits per heavy atom. The number of nitrogens with one attached hydrogen (secondary N) is 1. The van der Waals surface area contributed by atoms with Gasteiger partial charge < -0.3 is 19.7 Å². The van der Waals surface area contributed by atoms with Gasteiger partial charge in [0.15, 0.2) is 6.10 Å². The summed E-state index contributed by atoms with van der Waals surface area (Å²) in [6, 6.07) is 9.03. The lowest BCUT2D eigenvalue weighted by atomic mass is 9.82. The molecule has 0 aromatic heterocycles. The van der Waals surface area contributed by atoms with Gasteiger partial charge in [-0.15, -0.1) is 0 Å². The molecule has 3 rings (SSSR count). The Bertz CT molecular complexity index is 694. The first-order chi connectivity index (χ1) is 13.5. The van der Waals surface area contributed by atoms with Crippen molar-refractivity contribution in [3.63, 3.8) is 0 Å². The number of nitrogens with zero attached hydrogens (tertiary/aromatic N) is 1. The zero-order chi connectivity index (χ0) is 20.0. The summed E-state index contributed by atoms with van der Waals surface area (Å²) in [5.41, 5.74) is -0.176. The van der Waals surface area contributed by atoms with Crippen LogP contribution in [0.15, 0.2) is 30.3 Å². The van der Waals surface area contributed by atoms with E-state index >= 15 is 0 Å². The highest BCUT2D eigenvalue weighted by Crippen LogP contribution is 2.43. The lowest BCUT2D eigenvalue weighted by Gasteiger charge is -2.32. The molecule has 1 aliphatic carbocycles. The molecule has 0 bridgehead atoms. The third kappa shape index (κ3) is 4.90. The Morgan fingerprint density at radius 3 is 2.43 bits per heavy atom. The Balaban J connectivity index is 1.60. The number of hydrogen-bond acceptors (Lipinski definition) is 5. The van der Waals surface area contributed by atoms with E-state index < -0.39 is 17.5 Å². The van der Waals surface area contributed by atoms with Gasteiger partial charge in [0, 0.05) is 25.2 Å². The van der Waals surface area contributed by atoms with Gasteiger partial charge >= 0.3 is 5.97 Å². The van der Waals surface area contributed by atoms with Crippen LogP contribution in [0.2, 0.25) is 0 Å². The summed E-state index contributed by atoms with van der Waals surface area (Å²) in [6.45, 7) is 3.72. The Morgan fingerprint density at radius 1 is 1.14 bits per heavy atom. The molecule has 2 fully saturated rings. The molecule has 1 unspecified atom stereocenters. The molecular formula is C21H28N2O5. The number of rotatable bonds is 6. The van der Waals surface area contributed by atoms with Crippen LogP contribution in [0.3, 0.4) is 0 Å². The highest BCUT2D eigenvalue weighted by molar-refractivity contribution is 5.96. The van der Waals surface area contributed by atoms with E-state index in [0.29, 0.717) is 44.8 Å². The quantitative estimate of drug-likeness (QED) is 0.757. The molecule has 2 amide bonds. The van der Waals surface area contributed by atoms with Crippen molar-refractivity contribution in [2.24, 2.45) is 5.41 Å². The summed E-state index contributed by atoms with van der Waals surface area (Å²) in [6.07, 6.45) is 2.22. The number of hydrogen-bond donors (Lipinski definition) is 1. The van der Waals surface area contributed by atoms with E-state index in [2.05, 4.69) is 5.32 Å². The predicted octanol–water partition coefficient (Wildman–Crippen LogP) is 2.37. The zero-order valence-corrected chi connectivity index (χ0v) is 16.3. The van der Waals surface area contributed by atoms with Gasteiger partial charge in [-0.25, -0.2) is 0 Å². The average Bonchev–Trinajstić information content (AvgIpc) is 3.19. The summed E-state index contributed by atoms with van der Waals surface area (Å²) < 4.78 is 10.8. The monoisotopic (exact) mass is 388 g/mol. The van der Waals surface area contributed by atoms with Crippen molar-refractivity contribution in [2.45, 2.75) is 45.1 Å². The van der Waals surface area contributed by atoms with E-state index in [9.17, 15) is 14.4 Å². The van der Waals surface area contributed by atoms with E-state index in [1.54, 1.807) is 24.0 Å². The number of ether oxygens (including phenoxy) is 2. The van der Waals surface area contributed by atoms with Gasteiger partial charge in [-0.3, -0.25) is 14.4 Å². The van der Waals surface area contributed by atoms with E-state index in [-0.39, 0.29) is 18.2 Å². The van der Waals surface area contributed by atoms with Gasteiger partial charge in [-0.1, -0.05) is 31.0 Å². The minimum Gasteiger partial charge on any atom is -0.452 e. The van der Waals surface area contributed by atoms with Gasteiger partial charge in [0.05, 0.1) is 18.6 Å². The van der Waals surface area contributed by atoms with Crippen molar-refractivity contribution in [2.75, 3.05) is 31.6 Å². The Kier molecular flexibility index (Phi) is 6.67. The molecule has 7 nitrogen and oxygen atoms in total. The molecule has 1 N–H and O–H groups in total. The molecule has 1 saturated heterocycles. The molecule has 1 aromatic rings. The summed E-state index contributed by atoms with van der Waals surface area (Å²) in [7, 11) is 0. The van der Waals surface area contributed by atoms with Crippen molar-refractivity contribution >= 4 is 23.5 Å². The van der Waals surface area contributed by atoms with Crippen LogP contribution >= 0.6 is 0 Å². The molecule has 1 heterocycles. The fourth-order valence-corrected chi connectivity index (χ4v) is 3.82. The maximum Gasteiger partial charge on any atom is 0.313 e. The standard InChI is InChI=1S/C21H28N2O5/c1-16(19(25)22-17-7-3-2-4-8-17)28-20(26)21(9-5-6-10-21)15-18(24)23-11-13-27-14-12-23/h2-4,7-8,16H,5-6,9-15H2,1H3,(H,22,25). The topological polar surface area (TPSA) is 84.9 Å². The highest BCUT2D eigenvalue weighted by Gasteiger charge is 2.46. The van der Waals surface area contributed by atoms with E-state index in [0.717, 1.165) is 12.8 Å². The summed E-state index contributed by atoms with van der Waals surface area (Å²) in [5.74, 6) is -0.863. The molecule has 1 saturated carbocycles. The summed E-state index contributed by atoms with van der Waals surface area (Å²) >= 11 is 0. The largest absolute Gasteiger partial charge is 0.452 e. The van der Waals surface area contributed by atoms with E-state index in [1.165, 1.54) is 0 Å². The third-order valence-corrected chi connectivity index (χ3v) is 5.54. The van der Waals surface area contributed by atoms with Crippen molar-refractivity contribution in [3.05, 3.63) is 30.3 Å². The second kappa shape index (κ2) is 9.19. The number of morpholine rings is 1. The average molecular weight is 388 g/mol. The number of para-hydroxylation sites is 1. The number of amides is 2. The van der Waals surface area contributed by atoms with Crippen LogP contribution < -0.4 is 5.32 Å². The molecule has 152 valence electrons. The van der Waals surface area contributed by atoms with Crippen LogP contribution in [-0.4, -0.2) is 55.1 Å². The fourth-order valence-electron chi connectivity index (χ4n) is 3.82. The van der Waals surface area contributed by atoms with Crippen LogP contribution in [0, 0.1) is 5.41 Å². The molecule has 2 aliphatic rings. The number of carbonyl (C=O) groups excluding carboxylic acids is 3. The van der Waals surface area contributed by atoms with Crippen molar-refractivity contribution in [1.29, 1.82) is 0 Å². The second-order valence-corrected chi connectivity index (χ2v) is 7.56. The van der Waals surface area contributed by atoms with Gasteiger partial charge in [-0.05, 0) is 31.9 Å². The molecule has 1 atom stereocenters. The van der Waals surface area contributed by atoms with Crippen LogP contribution in [0.4, 0.5) is 5.69 Å². The van der Waals surface area contributed by atoms with Crippen LogP contribution in [-0.2, 0) is 23.9 Å². The number of carbonyl (C=O) groups is 3. The Labute approximate surface area is 165 Å². The maximum absolute atomic E-state index is 13.0. The first-order valence-corrected chi connectivity index (χ1v) is 9.93. The van der Waals surface area contributed by atoms with E-state index in [1.807, 2.05) is 18.2 Å². The number of esters is 1. The molecule has 1 aromatic carbocycles. The first-order valence-electron chi connectivity index (χ1n) is 9.93. The predicted molar refractivity (Wildman–Crippen MR) is 104 cm³/mol. The van der Waals surface area contributed by atoms with Crippen LogP contribution in [0.25, 0.3) is 0 Å².